The molecule has 1 N–H and O–H groups in total. The van der Waals surface area contributed by atoms with Crippen LogP contribution in [0.1, 0.15) is 32.6 Å². The fourth-order valence-electron chi connectivity index (χ4n) is 2.03. The lowest BCUT2D eigenvalue weighted by Gasteiger charge is -2.28. The van der Waals surface area contributed by atoms with Crippen molar-refractivity contribution >= 4 is 5.82 Å². The highest BCUT2D eigenvalue weighted by Gasteiger charge is 2.19. The molecule has 3 heteroatoms. The number of aromatic nitrogens is 1. The SMILES string of the molecule is CC(CC1CCC1)Nc1cccc(F)n1. The topological polar surface area (TPSA) is 24.9 Å². The molecule has 0 amide bonds. The molecule has 1 aliphatic carbocycles. The molecule has 0 aromatic carbocycles. The van der Waals surface area contributed by atoms with Crippen molar-refractivity contribution in [1.29, 1.82) is 0 Å². The van der Waals surface area contributed by atoms with E-state index in [-0.39, 0.29) is 0 Å². The van der Waals surface area contributed by atoms with Crippen molar-refractivity contribution < 1.29 is 4.39 Å². The second-order valence-corrected chi connectivity index (χ2v) is 4.42. The van der Waals surface area contributed by atoms with Gasteiger partial charge in [0.25, 0.3) is 0 Å². The average Bonchev–Trinajstić information content (AvgIpc) is 2.11. The molecule has 1 heterocycles. The third-order valence-corrected chi connectivity index (χ3v) is 3.02. The summed E-state index contributed by atoms with van der Waals surface area (Å²) < 4.78 is 12.8. The minimum atomic E-state index is -0.421. The number of nitrogens with one attached hydrogen (secondary N) is 1. The van der Waals surface area contributed by atoms with Crippen LogP contribution in [0.5, 0.6) is 0 Å². The molecule has 0 saturated heterocycles. The fourth-order valence-corrected chi connectivity index (χ4v) is 2.03. The highest BCUT2D eigenvalue weighted by atomic mass is 19.1. The first-order valence-electron chi connectivity index (χ1n) is 5.63. The van der Waals surface area contributed by atoms with Crippen LogP contribution in [0, 0.1) is 11.9 Å². The Labute approximate surface area is 89.9 Å². The highest BCUT2D eigenvalue weighted by Crippen LogP contribution is 2.30. The number of hydrogen-bond acceptors (Lipinski definition) is 2. The number of anilines is 1. The molecule has 1 aliphatic rings. The molecule has 0 aliphatic heterocycles. The van der Waals surface area contributed by atoms with Crippen molar-refractivity contribution in [3.63, 3.8) is 0 Å². The van der Waals surface area contributed by atoms with Crippen LogP contribution < -0.4 is 5.32 Å². The molecule has 1 atom stereocenters. The van der Waals surface area contributed by atoms with Crippen molar-refractivity contribution in [2.45, 2.75) is 38.6 Å². The lowest BCUT2D eigenvalue weighted by molar-refractivity contribution is 0.285. The molecule has 1 aromatic heterocycles. The Kier molecular flexibility index (Phi) is 3.19. The molecule has 82 valence electrons. The first-order valence-corrected chi connectivity index (χ1v) is 5.63. The van der Waals surface area contributed by atoms with Gasteiger partial charge in [0, 0.05) is 6.04 Å². The maximum absolute atomic E-state index is 12.8. The fraction of sp³-hybridized carbons (Fsp3) is 0.583. The number of rotatable bonds is 4. The van der Waals surface area contributed by atoms with Gasteiger partial charge in [0.05, 0.1) is 0 Å². The number of pyridine rings is 1. The normalized spacial score (nSPS) is 18.3. The molecule has 1 fully saturated rings. The summed E-state index contributed by atoms with van der Waals surface area (Å²) in [6.07, 6.45) is 5.24. The van der Waals surface area contributed by atoms with Crippen LogP contribution >= 0.6 is 0 Å². The van der Waals surface area contributed by atoms with Gasteiger partial charge in [0.15, 0.2) is 0 Å². The minimum absolute atomic E-state index is 0.379. The molecule has 2 nitrogen and oxygen atoms in total. The first kappa shape index (κ1) is 10.4. The molecular weight excluding hydrogens is 191 g/mol. The largest absolute Gasteiger partial charge is 0.368 e. The van der Waals surface area contributed by atoms with Gasteiger partial charge in [-0.05, 0) is 31.4 Å². The Balaban J connectivity index is 1.84. The van der Waals surface area contributed by atoms with Gasteiger partial charge >= 0.3 is 0 Å². The van der Waals surface area contributed by atoms with Gasteiger partial charge in [-0.1, -0.05) is 25.3 Å². The smallest absolute Gasteiger partial charge is 0.214 e. The molecule has 1 unspecified atom stereocenters. The summed E-state index contributed by atoms with van der Waals surface area (Å²) in [7, 11) is 0. The van der Waals surface area contributed by atoms with E-state index in [1.807, 2.05) is 0 Å². The van der Waals surface area contributed by atoms with E-state index in [4.69, 9.17) is 0 Å². The molecule has 15 heavy (non-hydrogen) atoms. The highest BCUT2D eigenvalue weighted by molar-refractivity contribution is 5.34. The zero-order valence-corrected chi connectivity index (χ0v) is 9.04. The Hall–Kier alpha value is -1.12. The number of halogens is 1. The number of nitrogens with zero attached hydrogens (tertiary/aromatic N) is 1. The zero-order chi connectivity index (χ0) is 10.7. The quantitative estimate of drug-likeness (QED) is 0.768. The van der Waals surface area contributed by atoms with E-state index in [2.05, 4.69) is 17.2 Å². The van der Waals surface area contributed by atoms with Crippen molar-refractivity contribution in [2.75, 3.05) is 5.32 Å². The summed E-state index contributed by atoms with van der Waals surface area (Å²) in [5.74, 6) is 1.08. The third kappa shape index (κ3) is 2.91. The van der Waals surface area contributed by atoms with Crippen molar-refractivity contribution in [3.8, 4) is 0 Å². The second-order valence-electron chi connectivity index (χ2n) is 4.42. The Bertz CT molecular complexity index is 323. The van der Waals surface area contributed by atoms with Gasteiger partial charge in [-0.15, -0.1) is 0 Å². The van der Waals surface area contributed by atoms with Crippen LogP contribution in [0.15, 0.2) is 18.2 Å². The van der Waals surface area contributed by atoms with E-state index in [1.165, 1.54) is 25.3 Å². The number of hydrogen-bond donors (Lipinski definition) is 1. The van der Waals surface area contributed by atoms with Crippen LogP contribution in [0.25, 0.3) is 0 Å². The van der Waals surface area contributed by atoms with E-state index in [1.54, 1.807) is 12.1 Å². The maximum atomic E-state index is 12.8. The molecule has 2 rings (SSSR count). The molecular formula is C12H17FN2. The van der Waals surface area contributed by atoms with Crippen LogP contribution in [0.3, 0.4) is 0 Å². The Morgan fingerprint density at radius 1 is 1.53 bits per heavy atom. The predicted molar refractivity (Wildman–Crippen MR) is 59.2 cm³/mol. The van der Waals surface area contributed by atoms with Gasteiger partial charge < -0.3 is 5.32 Å². The summed E-state index contributed by atoms with van der Waals surface area (Å²) in [5.41, 5.74) is 0. The minimum Gasteiger partial charge on any atom is -0.368 e. The summed E-state index contributed by atoms with van der Waals surface area (Å²) in [5, 5.41) is 3.23. The average molecular weight is 208 g/mol. The molecule has 1 aromatic rings. The van der Waals surface area contributed by atoms with E-state index in [0.29, 0.717) is 11.9 Å². The Morgan fingerprint density at radius 2 is 2.33 bits per heavy atom. The van der Waals surface area contributed by atoms with Gasteiger partial charge in [-0.2, -0.15) is 4.39 Å². The monoisotopic (exact) mass is 208 g/mol. The summed E-state index contributed by atoms with van der Waals surface area (Å²) in [6.45, 7) is 2.13. The van der Waals surface area contributed by atoms with Gasteiger partial charge in [-0.25, -0.2) is 4.98 Å². The predicted octanol–water partition coefficient (Wildman–Crippen LogP) is 3.21. The van der Waals surface area contributed by atoms with Gasteiger partial charge in [-0.3, -0.25) is 0 Å². The molecule has 0 spiro atoms. The van der Waals surface area contributed by atoms with Crippen LogP contribution in [0.4, 0.5) is 10.2 Å². The summed E-state index contributed by atoms with van der Waals surface area (Å²) in [4.78, 5) is 3.79. The van der Waals surface area contributed by atoms with Crippen LogP contribution in [-0.2, 0) is 0 Å². The maximum Gasteiger partial charge on any atom is 0.214 e. The van der Waals surface area contributed by atoms with Crippen molar-refractivity contribution in [3.05, 3.63) is 24.1 Å². The Morgan fingerprint density at radius 3 is 2.93 bits per heavy atom. The van der Waals surface area contributed by atoms with Crippen LogP contribution in [0.2, 0.25) is 0 Å². The van der Waals surface area contributed by atoms with E-state index in [9.17, 15) is 4.39 Å². The molecule has 0 radical (unpaired) electrons. The lowest BCUT2D eigenvalue weighted by atomic mass is 9.81. The molecule has 0 bridgehead atoms. The standard InChI is InChI=1S/C12H17FN2/c1-9(8-10-4-2-5-10)14-12-7-3-6-11(13)15-12/h3,6-7,9-10H,2,4-5,8H2,1H3,(H,14,15). The van der Waals surface area contributed by atoms with Gasteiger partial charge in [0.1, 0.15) is 5.82 Å². The van der Waals surface area contributed by atoms with Crippen LogP contribution in [-0.4, -0.2) is 11.0 Å². The zero-order valence-electron chi connectivity index (χ0n) is 9.04. The molecule has 1 saturated carbocycles. The third-order valence-electron chi connectivity index (χ3n) is 3.02. The lowest BCUT2D eigenvalue weighted by Crippen LogP contribution is -2.23. The van der Waals surface area contributed by atoms with Crippen molar-refractivity contribution in [2.24, 2.45) is 5.92 Å². The summed E-state index contributed by atoms with van der Waals surface area (Å²) in [6, 6.07) is 5.23. The van der Waals surface area contributed by atoms with E-state index in [0.717, 1.165) is 12.3 Å². The first-order chi connectivity index (χ1) is 7.24. The van der Waals surface area contributed by atoms with Gasteiger partial charge in [0.2, 0.25) is 5.95 Å². The van der Waals surface area contributed by atoms with E-state index < -0.39 is 5.95 Å². The summed E-state index contributed by atoms with van der Waals surface area (Å²) >= 11 is 0. The second kappa shape index (κ2) is 4.60. The van der Waals surface area contributed by atoms with E-state index >= 15 is 0 Å². The van der Waals surface area contributed by atoms with Crippen molar-refractivity contribution in [1.82, 2.24) is 4.98 Å².